The van der Waals surface area contributed by atoms with Crippen LogP contribution in [0.25, 0.3) is 0 Å². The minimum atomic E-state index is -1.12. The number of amides is 1. The molecule has 0 radical (unpaired) electrons. The maximum atomic E-state index is 12.5. The Morgan fingerprint density at radius 1 is 1.17 bits per heavy atom. The van der Waals surface area contributed by atoms with Crippen LogP contribution in [0.2, 0.25) is 0 Å². The van der Waals surface area contributed by atoms with Gasteiger partial charge in [0.15, 0.2) is 0 Å². The summed E-state index contributed by atoms with van der Waals surface area (Å²) < 4.78 is 10.7. The number of carbonyl (C=O) groups is 2. The van der Waals surface area contributed by atoms with E-state index in [1.54, 1.807) is 51.1 Å². The Bertz CT molecular complexity index is 685. The van der Waals surface area contributed by atoms with Gasteiger partial charge in [-0.15, -0.1) is 0 Å². The third kappa shape index (κ3) is 4.35. The molecule has 122 valence electrons. The maximum Gasteiger partial charge on any atom is 0.415 e. The lowest BCUT2D eigenvalue weighted by molar-refractivity contribution is 0.0575. The number of rotatable bonds is 4. The van der Waals surface area contributed by atoms with Crippen molar-refractivity contribution in [2.45, 2.75) is 32.9 Å². The van der Waals surface area contributed by atoms with Crippen molar-refractivity contribution in [2.24, 2.45) is 0 Å². The Kier molecular flexibility index (Phi) is 4.74. The van der Waals surface area contributed by atoms with Crippen molar-refractivity contribution in [3.63, 3.8) is 0 Å². The average molecular weight is 317 g/mol. The molecule has 6 nitrogen and oxygen atoms in total. The van der Waals surface area contributed by atoms with Gasteiger partial charge in [-0.3, -0.25) is 4.90 Å². The van der Waals surface area contributed by atoms with Crippen molar-refractivity contribution in [2.75, 3.05) is 4.90 Å². The van der Waals surface area contributed by atoms with Gasteiger partial charge in [0, 0.05) is 0 Å². The number of furan rings is 1. The highest BCUT2D eigenvalue weighted by molar-refractivity contribution is 5.99. The molecule has 6 heteroatoms. The highest BCUT2D eigenvalue weighted by Crippen LogP contribution is 2.25. The number of aromatic carboxylic acids is 1. The summed E-state index contributed by atoms with van der Waals surface area (Å²) in [6.45, 7) is 5.32. The summed E-state index contributed by atoms with van der Waals surface area (Å²) in [7, 11) is 0. The molecule has 1 amide bonds. The molecule has 0 aliphatic heterocycles. The zero-order valence-corrected chi connectivity index (χ0v) is 13.3. The van der Waals surface area contributed by atoms with E-state index in [0.29, 0.717) is 5.76 Å². The van der Waals surface area contributed by atoms with Crippen molar-refractivity contribution in [3.8, 4) is 0 Å². The molecule has 1 N–H and O–H groups in total. The number of carbonyl (C=O) groups excluding carboxylic acids is 1. The van der Waals surface area contributed by atoms with Gasteiger partial charge in [-0.25, -0.2) is 9.59 Å². The van der Waals surface area contributed by atoms with Crippen LogP contribution in [0.5, 0.6) is 0 Å². The van der Waals surface area contributed by atoms with Gasteiger partial charge in [-0.1, -0.05) is 12.1 Å². The van der Waals surface area contributed by atoms with Crippen molar-refractivity contribution in [1.29, 1.82) is 0 Å². The second-order valence-corrected chi connectivity index (χ2v) is 5.97. The van der Waals surface area contributed by atoms with Crippen LogP contribution in [0.1, 0.15) is 36.9 Å². The number of hydrogen-bond acceptors (Lipinski definition) is 4. The number of anilines is 1. The molecule has 0 atom stereocenters. The van der Waals surface area contributed by atoms with Gasteiger partial charge < -0.3 is 14.3 Å². The predicted octanol–water partition coefficient (Wildman–Crippen LogP) is 3.92. The second-order valence-electron chi connectivity index (χ2n) is 5.97. The van der Waals surface area contributed by atoms with E-state index in [1.165, 1.54) is 17.2 Å². The fourth-order valence-electron chi connectivity index (χ4n) is 2.01. The number of para-hydroxylation sites is 1. The molecular formula is C17H19NO5. The van der Waals surface area contributed by atoms with E-state index in [2.05, 4.69) is 0 Å². The van der Waals surface area contributed by atoms with Crippen LogP contribution in [-0.2, 0) is 11.3 Å². The molecule has 0 fully saturated rings. The zero-order valence-electron chi connectivity index (χ0n) is 13.3. The number of benzene rings is 1. The van der Waals surface area contributed by atoms with Gasteiger partial charge in [0.05, 0.1) is 24.1 Å². The summed E-state index contributed by atoms with van der Waals surface area (Å²) in [5, 5.41) is 9.35. The molecule has 1 aromatic heterocycles. The van der Waals surface area contributed by atoms with Crippen molar-refractivity contribution in [3.05, 3.63) is 54.0 Å². The van der Waals surface area contributed by atoms with Crippen LogP contribution in [0, 0.1) is 0 Å². The van der Waals surface area contributed by atoms with E-state index < -0.39 is 17.7 Å². The van der Waals surface area contributed by atoms with Gasteiger partial charge in [-0.2, -0.15) is 0 Å². The third-order valence-electron chi connectivity index (χ3n) is 2.93. The predicted molar refractivity (Wildman–Crippen MR) is 84.5 cm³/mol. The lowest BCUT2D eigenvalue weighted by Gasteiger charge is -2.27. The minimum Gasteiger partial charge on any atom is -0.478 e. The first kappa shape index (κ1) is 16.6. The number of ether oxygens (including phenoxy) is 1. The summed E-state index contributed by atoms with van der Waals surface area (Å²) in [6, 6.07) is 9.69. The van der Waals surface area contributed by atoms with E-state index >= 15 is 0 Å². The third-order valence-corrected chi connectivity index (χ3v) is 2.93. The van der Waals surface area contributed by atoms with Crippen LogP contribution in [-0.4, -0.2) is 22.8 Å². The monoisotopic (exact) mass is 317 g/mol. The molecule has 2 aromatic rings. The quantitative estimate of drug-likeness (QED) is 0.924. The first-order valence-corrected chi connectivity index (χ1v) is 7.13. The summed E-state index contributed by atoms with van der Waals surface area (Å²) in [5.74, 6) is -0.593. The standard InChI is InChI=1S/C17H19NO5/c1-17(2,3)23-16(21)18(11-12-7-6-10-22-12)14-9-5-4-8-13(14)15(19)20/h4-10H,11H2,1-3H3,(H,19,20). The van der Waals surface area contributed by atoms with Gasteiger partial charge >= 0.3 is 12.1 Å². The van der Waals surface area contributed by atoms with Crippen LogP contribution in [0.3, 0.4) is 0 Å². The highest BCUT2D eigenvalue weighted by Gasteiger charge is 2.27. The highest BCUT2D eigenvalue weighted by atomic mass is 16.6. The number of carboxylic acids is 1. The summed E-state index contributed by atoms with van der Waals surface area (Å²) >= 11 is 0. The Morgan fingerprint density at radius 3 is 2.43 bits per heavy atom. The molecule has 0 unspecified atom stereocenters. The summed E-state index contributed by atoms with van der Waals surface area (Å²) in [5.41, 5.74) is -0.424. The molecule has 1 heterocycles. The van der Waals surface area contributed by atoms with E-state index in [9.17, 15) is 14.7 Å². The van der Waals surface area contributed by atoms with Crippen LogP contribution in [0.15, 0.2) is 47.1 Å². The van der Waals surface area contributed by atoms with Gasteiger partial charge in [-0.05, 0) is 45.0 Å². The van der Waals surface area contributed by atoms with Crippen LogP contribution < -0.4 is 4.90 Å². The van der Waals surface area contributed by atoms with E-state index in [0.717, 1.165) is 0 Å². The molecule has 23 heavy (non-hydrogen) atoms. The van der Waals surface area contributed by atoms with Crippen molar-refractivity contribution < 1.29 is 23.8 Å². The fraction of sp³-hybridized carbons (Fsp3) is 0.294. The smallest absolute Gasteiger partial charge is 0.415 e. The summed E-state index contributed by atoms with van der Waals surface area (Å²) in [4.78, 5) is 25.2. The molecule has 0 aliphatic carbocycles. The van der Waals surface area contributed by atoms with Crippen molar-refractivity contribution >= 4 is 17.7 Å². The number of hydrogen-bond donors (Lipinski definition) is 1. The van der Waals surface area contributed by atoms with E-state index in [1.807, 2.05) is 0 Å². The zero-order chi connectivity index (χ0) is 17.0. The molecular weight excluding hydrogens is 298 g/mol. The van der Waals surface area contributed by atoms with E-state index in [4.69, 9.17) is 9.15 Å². The normalized spacial score (nSPS) is 11.1. The Labute approximate surface area is 134 Å². The number of carboxylic acid groups (broad SMARTS) is 1. The van der Waals surface area contributed by atoms with Crippen molar-refractivity contribution in [1.82, 2.24) is 0 Å². The molecule has 1 aromatic carbocycles. The lowest BCUT2D eigenvalue weighted by Crippen LogP contribution is -2.37. The first-order valence-electron chi connectivity index (χ1n) is 7.13. The molecule has 0 spiro atoms. The fourth-order valence-corrected chi connectivity index (χ4v) is 2.01. The molecule has 0 saturated carbocycles. The SMILES string of the molecule is CC(C)(C)OC(=O)N(Cc1ccco1)c1ccccc1C(=O)O. The molecule has 2 rings (SSSR count). The average Bonchev–Trinajstić information content (AvgIpc) is 2.95. The van der Waals surface area contributed by atoms with Gasteiger partial charge in [0.25, 0.3) is 0 Å². The number of nitrogens with zero attached hydrogens (tertiary/aromatic N) is 1. The molecule has 0 aliphatic rings. The molecule has 0 bridgehead atoms. The Morgan fingerprint density at radius 2 is 1.87 bits per heavy atom. The van der Waals surface area contributed by atoms with Gasteiger partial charge in [0.1, 0.15) is 11.4 Å². The minimum absolute atomic E-state index is 0.0184. The van der Waals surface area contributed by atoms with E-state index in [-0.39, 0.29) is 17.8 Å². The molecule has 0 saturated heterocycles. The van der Waals surface area contributed by atoms with Gasteiger partial charge in [0.2, 0.25) is 0 Å². The Hall–Kier alpha value is -2.76. The maximum absolute atomic E-state index is 12.5. The second kappa shape index (κ2) is 6.56. The van der Waals surface area contributed by atoms with Crippen LogP contribution in [0.4, 0.5) is 10.5 Å². The summed E-state index contributed by atoms with van der Waals surface area (Å²) in [6.07, 6.45) is 0.855. The largest absolute Gasteiger partial charge is 0.478 e. The topological polar surface area (TPSA) is 80.0 Å². The first-order chi connectivity index (χ1) is 10.8. The Balaban J connectivity index is 2.41. The van der Waals surface area contributed by atoms with Crippen LogP contribution >= 0.6 is 0 Å². The lowest BCUT2D eigenvalue weighted by atomic mass is 10.1.